The number of thioether (sulfide) groups is 1. The van der Waals surface area contributed by atoms with E-state index in [1.807, 2.05) is 54.6 Å². The normalized spacial score (nSPS) is 17.7. The van der Waals surface area contributed by atoms with E-state index in [1.54, 1.807) is 17.8 Å². The number of hydrogen-bond acceptors (Lipinski definition) is 3. The fourth-order valence-electron chi connectivity index (χ4n) is 3.61. The molecule has 1 N–H and O–H groups in total. The average Bonchev–Trinajstić information content (AvgIpc) is 2.84. The van der Waals surface area contributed by atoms with Gasteiger partial charge in [-0.3, -0.25) is 4.79 Å². The van der Waals surface area contributed by atoms with E-state index in [1.165, 1.54) is 0 Å². The van der Waals surface area contributed by atoms with Crippen LogP contribution >= 0.6 is 35.0 Å². The highest BCUT2D eigenvalue weighted by Crippen LogP contribution is 2.53. The van der Waals surface area contributed by atoms with Crippen molar-refractivity contribution in [3.63, 3.8) is 0 Å². The van der Waals surface area contributed by atoms with Gasteiger partial charge in [0.15, 0.2) is 5.78 Å². The molecule has 0 fully saturated rings. The van der Waals surface area contributed by atoms with Crippen LogP contribution in [0.3, 0.4) is 0 Å². The number of nitrogens with one attached hydrogen (secondary N) is 1. The second-order valence-corrected chi connectivity index (χ2v) is 8.44. The van der Waals surface area contributed by atoms with Crippen LogP contribution in [0.2, 0.25) is 10.0 Å². The van der Waals surface area contributed by atoms with Gasteiger partial charge in [-0.2, -0.15) is 0 Å². The number of para-hydroxylation sites is 1. The largest absolute Gasteiger partial charge is 0.354 e. The van der Waals surface area contributed by atoms with Crippen LogP contribution in [0.25, 0.3) is 5.70 Å². The van der Waals surface area contributed by atoms with Crippen molar-refractivity contribution >= 4 is 52.1 Å². The number of Topliss-reactive ketones (excluding diaryl/α,β-unsaturated/α-hetero) is 1. The molecule has 0 radical (unpaired) electrons. The maximum atomic E-state index is 13.3. The van der Waals surface area contributed by atoms with E-state index in [0.29, 0.717) is 10.0 Å². The van der Waals surface area contributed by atoms with E-state index in [4.69, 9.17) is 23.2 Å². The van der Waals surface area contributed by atoms with Gasteiger partial charge in [0.25, 0.3) is 0 Å². The molecule has 5 rings (SSSR count). The minimum atomic E-state index is -0.221. The van der Waals surface area contributed by atoms with Crippen LogP contribution in [0, 0.1) is 0 Å². The number of ketones is 1. The highest BCUT2D eigenvalue weighted by atomic mass is 35.5. The van der Waals surface area contributed by atoms with Gasteiger partial charge >= 0.3 is 0 Å². The molecule has 0 saturated heterocycles. The van der Waals surface area contributed by atoms with E-state index in [-0.39, 0.29) is 11.0 Å². The van der Waals surface area contributed by atoms with Gasteiger partial charge in [0.1, 0.15) is 0 Å². The third-order valence-corrected chi connectivity index (χ3v) is 6.75. The summed E-state index contributed by atoms with van der Waals surface area (Å²) in [5, 5.41) is 4.43. The number of anilines is 1. The lowest BCUT2D eigenvalue weighted by molar-refractivity contribution is 0.103. The number of carbonyl (C=O) groups is 1. The average molecular weight is 410 g/mol. The van der Waals surface area contributed by atoms with Gasteiger partial charge in [0.05, 0.1) is 16.6 Å². The Kier molecular flexibility index (Phi) is 4.05. The zero-order chi connectivity index (χ0) is 18.5. The zero-order valence-electron chi connectivity index (χ0n) is 14.0. The zero-order valence-corrected chi connectivity index (χ0v) is 16.3. The fraction of sp³-hybridized carbons (Fsp3) is 0.0455. The lowest BCUT2D eigenvalue weighted by Crippen LogP contribution is -2.08. The Morgan fingerprint density at radius 3 is 2.44 bits per heavy atom. The Hall–Kier alpha value is -2.20. The summed E-state index contributed by atoms with van der Waals surface area (Å²) in [6, 6.07) is 21.3. The first-order valence-corrected chi connectivity index (χ1v) is 10.1. The van der Waals surface area contributed by atoms with E-state index in [9.17, 15) is 4.79 Å². The molecular weight excluding hydrogens is 397 g/mol. The molecule has 1 unspecified atom stereocenters. The Balaban J connectivity index is 1.77. The molecule has 1 heterocycles. The van der Waals surface area contributed by atoms with Crippen LogP contribution in [0.1, 0.15) is 26.7 Å². The fourth-order valence-corrected chi connectivity index (χ4v) is 5.53. The summed E-state index contributed by atoms with van der Waals surface area (Å²) < 4.78 is 0. The van der Waals surface area contributed by atoms with Crippen molar-refractivity contribution in [3.8, 4) is 0 Å². The number of hydrogen-bond donors (Lipinski definition) is 1. The summed E-state index contributed by atoms with van der Waals surface area (Å²) in [6.07, 6.45) is 0. The number of benzene rings is 3. The van der Waals surface area contributed by atoms with Crippen LogP contribution in [0.4, 0.5) is 5.69 Å². The van der Waals surface area contributed by atoms with Crippen LogP contribution in [-0.2, 0) is 0 Å². The van der Waals surface area contributed by atoms with Crippen molar-refractivity contribution in [1.29, 1.82) is 0 Å². The number of halogens is 2. The Bertz CT molecular complexity index is 1140. The minimum absolute atomic E-state index is 0.0458. The standard InChI is InChI=1S/C22H13Cl2NOS/c23-12-9-10-15(16(24)11-12)22-19-20(13-5-1-2-6-14(13)21(19)26)25-17-7-3-4-8-18(17)27-22/h1-11,22,25H. The molecule has 3 aromatic carbocycles. The molecule has 1 atom stereocenters. The molecule has 5 heteroatoms. The summed E-state index contributed by atoms with van der Waals surface area (Å²) in [4.78, 5) is 14.4. The maximum absolute atomic E-state index is 13.3. The number of carbonyl (C=O) groups excluding carboxylic acids is 1. The molecule has 0 spiro atoms. The van der Waals surface area contributed by atoms with Gasteiger partial charge in [-0.05, 0) is 29.8 Å². The summed E-state index contributed by atoms with van der Waals surface area (Å²) in [5.74, 6) is 0.0458. The van der Waals surface area contributed by atoms with Crippen molar-refractivity contribution in [3.05, 3.63) is 99.0 Å². The molecule has 1 aliphatic carbocycles. The summed E-state index contributed by atoms with van der Waals surface area (Å²) >= 11 is 14.3. The Labute approximate surface area is 171 Å². The molecule has 132 valence electrons. The molecule has 0 aromatic heterocycles. The van der Waals surface area contributed by atoms with Gasteiger partial charge in [0, 0.05) is 31.6 Å². The second-order valence-electron chi connectivity index (χ2n) is 6.45. The lowest BCUT2D eigenvalue weighted by Gasteiger charge is -2.18. The monoisotopic (exact) mass is 409 g/mol. The molecule has 0 amide bonds. The maximum Gasteiger partial charge on any atom is 0.193 e. The van der Waals surface area contributed by atoms with Crippen LogP contribution in [0.15, 0.2) is 77.2 Å². The van der Waals surface area contributed by atoms with E-state index in [2.05, 4.69) is 11.4 Å². The quantitative estimate of drug-likeness (QED) is 0.475. The molecule has 1 aliphatic heterocycles. The smallest absolute Gasteiger partial charge is 0.193 e. The second kappa shape index (κ2) is 6.45. The number of fused-ring (bicyclic) bond motifs is 3. The molecule has 3 aromatic rings. The van der Waals surface area contributed by atoms with Gasteiger partial charge in [-0.1, -0.05) is 65.7 Å². The molecular formula is C22H13Cl2NOS. The third-order valence-electron chi connectivity index (χ3n) is 4.85. The molecule has 0 bridgehead atoms. The first-order chi connectivity index (χ1) is 13.1. The predicted octanol–water partition coefficient (Wildman–Crippen LogP) is 6.86. The van der Waals surface area contributed by atoms with E-state index in [0.717, 1.165) is 38.5 Å². The van der Waals surface area contributed by atoms with Gasteiger partial charge in [-0.15, -0.1) is 11.8 Å². The molecule has 2 aliphatic rings. The van der Waals surface area contributed by atoms with Crippen LogP contribution in [-0.4, -0.2) is 5.78 Å². The van der Waals surface area contributed by atoms with Crippen LogP contribution < -0.4 is 5.32 Å². The Morgan fingerprint density at radius 2 is 1.63 bits per heavy atom. The minimum Gasteiger partial charge on any atom is -0.354 e. The molecule has 27 heavy (non-hydrogen) atoms. The van der Waals surface area contributed by atoms with Gasteiger partial charge < -0.3 is 5.32 Å². The third kappa shape index (κ3) is 2.69. The van der Waals surface area contributed by atoms with Crippen molar-refractivity contribution < 1.29 is 4.79 Å². The van der Waals surface area contributed by atoms with Gasteiger partial charge in [0.2, 0.25) is 0 Å². The van der Waals surface area contributed by atoms with Crippen molar-refractivity contribution in [1.82, 2.24) is 0 Å². The summed E-state index contributed by atoms with van der Waals surface area (Å²) in [7, 11) is 0. The molecule has 0 saturated carbocycles. The van der Waals surface area contributed by atoms with Gasteiger partial charge in [-0.25, -0.2) is 0 Å². The topological polar surface area (TPSA) is 29.1 Å². The van der Waals surface area contributed by atoms with E-state index >= 15 is 0 Å². The first kappa shape index (κ1) is 16.9. The predicted molar refractivity (Wildman–Crippen MR) is 113 cm³/mol. The first-order valence-electron chi connectivity index (χ1n) is 8.49. The summed E-state index contributed by atoms with van der Waals surface area (Å²) in [6.45, 7) is 0. The van der Waals surface area contributed by atoms with Crippen molar-refractivity contribution in [2.45, 2.75) is 10.1 Å². The highest BCUT2D eigenvalue weighted by molar-refractivity contribution is 8.00. The Morgan fingerprint density at radius 1 is 0.889 bits per heavy atom. The number of rotatable bonds is 1. The summed E-state index contributed by atoms with van der Waals surface area (Å²) in [5.41, 5.74) is 5.14. The van der Waals surface area contributed by atoms with Crippen molar-refractivity contribution in [2.24, 2.45) is 0 Å². The van der Waals surface area contributed by atoms with Crippen LogP contribution in [0.5, 0.6) is 0 Å². The molecule has 2 nitrogen and oxygen atoms in total. The van der Waals surface area contributed by atoms with Crippen molar-refractivity contribution in [2.75, 3.05) is 5.32 Å². The highest BCUT2D eigenvalue weighted by Gasteiger charge is 2.38. The lowest BCUT2D eigenvalue weighted by atomic mass is 10.0. The SMILES string of the molecule is O=C1C2=C(Nc3ccccc3SC2c2ccc(Cl)cc2Cl)c2ccccc21. The van der Waals surface area contributed by atoms with E-state index < -0.39 is 0 Å².